The summed E-state index contributed by atoms with van der Waals surface area (Å²) in [4.78, 5) is 3.55. The van der Waals surface area contributed by atoms with Crippen molar-refractivity contribution in [3.63, 3.8) is 0 Å². The van der Waals surface area contributed by atoms with Gasteiger partial charge < -0.3 is 9.30 Å². The summed E-state index contributed by atoms with van der Waals surface area (Å²) in [5, 5.41) is 0. The van der Waals surface area contributed by atoms with Crippen molar-refractivity contribution in [2.24, 2.45) is 4.40 Å². The Labute approximate surface area is 150 Å². The standard InChI is InChI=1S/C15H26F3N3O2SSi/c1-14(2,3)24(22)19-9-12-10-21(13(20-12)15(16,17)18)11-23-7-8-25(4,5)6/h9-10H,7-8,11H2,1-6H3. The molecule has 0 radical (unpaired) electrons. The van der Waals surface area contributed by atoms with Gasteiger partial charge in [-0.25, -0.2) is 9.19 Å². The minimum Gasteiger partial charge on any atom is -0.361 e. The molecule has 0 fully saturated rings. The number of ether oxygens (including phenoxy) is 1. The molecule has 1 heterocycles. The zero-order valence-electron chi connectivity index (χ0n) is 15.5. The molecule has 0 aliphatic rings. The minimum absolute atomic E-state index is 0.00118. The smallest absolute Gasteiger partial charge is 0.361 e. The van der Waals surface area contributed by atoms with Gasteiger partial charge in [0.2, 0.25) is 5.82 Å². The molecule has 0 aliphatic heterocycles. The molecule has 0 aliphatic carbocycles. The van der Waals surface area contributed by atoms with Gasteiger partial charge >= 0.3 is 6.18 Å². The van der Waals surface area contributed by atoms with Gasteiger partial charge in [0, 0.05) is 20.9 Å². The van der Waals surface area contributed by atoms with E-state index in [2.05, 4.69) is 29.0 Å². The molecule has 5 nitrogen and oxygen atoms in total. The van der Waals surface area contributed by atoms with Crippen LogP contribution in [0.15, 0.2) is 10.6 Å². The molecule has 144 valence electrons. The van der Waals surface area contributed by atoms with Crippen molar-refractivity contribution >= 4 is 25.3 Å². The Morgan fingerprint density at radius 3 is 2.40 bits per heavy atom. The maximum absolute atomic E-state index is 13.1. The van der Waals surface area contributed by atoms with Crippen molar-refractivity contribution in [3.8, 4) is 0 Å². The largest absolute Gasteiger partial charge is 0.449 e. The Morgan fingerprint density at radius 2 is 1.92 bits per heavy atom. The molecule has 25 heavy (non-hydrogen) atoms. The highest BCUT2D eigenvalue weighted by Gasteiger charge is 2.37. The van der Waals surface area contributed by atoms with Gasteiger partial charge in [-0.15, -0.1) is 0 Å². The number of nitrogens with zero attached hydrogens (tertiary/aromatic N) is 3. The molecular formula is C15H26F3N3O2SSi. The van der Waals surface area contributed by atoms with Crippen molar-refractivity contribution < 1.29 is 22.1 Å². The van der Waals surface area contributed by atoms with Gasteiger partial charge in [-0.1, -0.05) is 19.6 Å². The van der Waals surface area contributed by atoms with Crippen LogP contribution in [0.25, 0.3) is 0 Å². The Balaban J connectivity index is 2.88. The Kier molecular flexibility index (Phi) is 7.17. The summed E-state index contributed by atoms with van der Waals surface area (Å²) < 4.78 is 60.7. The average Bonchev–Trinajstić information content (AvgIpc) is 2.82. The number of aromatic nitrogens is 2. The van der Waals surface area contributed by atoms with Gasteiger partial charge in [-0.2, -0.15) is 17.6 Å². The van der Waals surface area contributed by atoms with E-state index in [1.165, 1.54) is 6.20 Å². The first-order valence-electron chi connectivity index (χ1n) is 7.88. The molecule has 10 heteroatoms. The lowest BCUT2D eigenvalue weighted by atomic mass is 10.3. The van der Waals surface area contributed by atoms with E-state index in [1.807, 2.05) is 0 Å². The van der Waals surface area contributed by atoms with E-state index >= 15 is 0 Å². The quantitative estimate of drug-likeness (QED) is 0.395. The molecule has 0 bridgehead atoms. The third-order valence-electron chi connectivity index (χ3n) is 3.08. The predicted octanol–water partition coefficient (Wildman–Crippen LogP) is 4.10. The zero-order valence-corrected chi connectivity index (χ0v) is 17.3. The van der Waals surface area contributed by atoms with Crippen LogP contribution in [0.4, 0.5) is 13.2 Å². The second-order valence-corrected chi connectivity index (χ2v) is 15.5. The fourth-order valence-corrected chi connectivity index (χ4v) is 2.90. The lowest BCUT2D eigenvalue weighted by Gasteiger charge is -2.16. The molecule has 1 atom stereocenters. The highest BCUT2D eigenvalue weighted by Crippen LogP contribution is 2.28. The summed E-state index contributed by atoms with van der Waals surface area (Å²) in [5.41, 5.74) is -0.00118. The Morgan fingerprint density at radius 1 is 1.32 bits per heavy atom. The van der Waals surface area contributed by atoms with Crippen LogP contribution in [0.1, 0.15) is 32.3 Å². The van der Waals surface area contributed by atoms with E-state index in [4.69, 9.17) is 4.74 Å². The van der Waals surface area contributed by atoms with E-state index in [1.54, 1.807) is 20.8 Å². The molecule has 1 unspecified atom stereocenters. The normalized spacial score (nSPS) is 15.1. The molecule has 0 aromatic carbocycles. The number of halogens is 3. The van der Waals surface area contributed by atoms with E-state index in [-0.39, 0.29) is 12.4 Å². The predicted molar refractivity (Wildman–Crippen MR) is 96.8 cm³/mol. The van der Waals surface area contributed by atoms with Gasteiger partial charge in [-0.3, -0.25) is 0 Å². The molecule has 1 rings (SSSR count). The molecule has 0 amide bonds. The molecule has 1 aromatic rings. The van der Waals surface area contributed by atoms with E-state index in [0.717, 1.165) is 16.8 Å². The van der Waals surface area contributed by atoms with Crippen LogP contribution in [-0.4, -0.2) is 39.4 Å². The number of imidazole rings is 1. The number of hydrogen-bond donors (Lipinski definition) is 0. The van der Waals surface area contributed by atoms with Crippen molar-refractivity contribution in [2.75, 3.05) is 6.61 Å². The summed E-state index contributed by atoms with van der Waals surface area (Å²) in [6.07, 6.45) is -2.28. The van der Waals surface area contributed by atoms with Crippen LogP contribution in [0.5, 0.6) is 0 Å². The monoisotopic (exact) mass is 397 g/mol. The fourth-order valence-electron chi connectivity index (χ4n) is 1.62. The number of hydrogen-bond acceptors (Lipinski definition) is 3. The van der Waals surface area contributed by atoms with Crippen LogP contribution in [-0.2, 0) is 28.6 Å². The summed E-state index contributed by atoms with van der Waals surface area (Å²) in [6, 6.07) is 0.863. The van der Waals surface area contributed by atoms with Gasteiger partial charge in [0.1, 0.15) is 23.4 Å². The molecule has 0 saturated heterocycles. The molecule has 0 saturated carbocycles. The fraction of sp³-hybridized carbons (Fsp3) is 0.733. The summed E-state index contributed by atoms with van der Waals surface area (Å²) in [6.45, 7) is 11.9. The van der Waals surface area contributed by atoms with E-state index < -0.39 is 35.8 Å². The third-order valence-corrected chi connectivity index (χ3v) is 6.13. The van der Waals surface area contributed by atoms with Crippen LogP contribution in [0.3, 0.4) is 0 Å². The highest BCUT2D eigenvalue weighted by atomic mass is 32.2. The summed E-state index contributed by atoms with van der Waals surface area (Å²) >= 11 is 0. The molecule has 0 spiro atoms. The second-order valence-electron chi connectivity index (χ2n) is 7.90. The first kappa shape index (κ1) is 22.0. The molecule has 1 aromatic heterocycles. The maximum Gasteiger partial charge on any atom is 0.449 e. The third kappa shape index (κ3) is 7.82. The SMILES string of the molecule is CC(C)(C)S(=O)N=Cc1cn(COCC[Si](C)(C)C)c(C(F)(F)F)n1. The number of alkyl halides is 3. The van der Waals surface area contributed by atoms with Crippen molar-refractivity contribution in [3.05, 3.63) is 17.7 Å². The number of rotatable bonds is 7. The van der Waals surface area contributed by atoms with Gasteiger partial charge in [-0.05, 0) is 26.8 Å². The van der Waals surface area contributed by atoms with Crippen molar-refractivity contribution in [1.29, 1.82) is 0 Å². The first-order chi connectivity index (χ1) is 11.2. The summed E-state index contributed by atoms with van der Waals surface area (Å²) in [5.74, 6) is -1.05. The Bertz CT molecular complexity index is 631. The zero-order chi connectivity index (χ0) is 19.5. The Hall–Kier alpha value is -1.00. The second kappa shape index (κ2) is 8.13. The average molecular weight is 398 g/mol. The topological polar surface area (TPSA) is 56.5 Å². The van der Waals surface area contributed by atoms with Gasteiger partial charge in [0.15, 0.2) is 0 Å². The van der Waals surface area contributed by atoms with Crippen molar-refractivity contribution in [2.45, 2.75) is 64.1 Å². The lowest BCUT2D eigenvalue weighted by Crippen LogP contribution is -2.22. The van der Waals surface area contributed by atoms with E-state index in [9.17, 15) is 17.4 Å². The summed E-state index contributed by atoms with van der Waals surface area (Å²) in [7, 11) is -2.87. The van der Waals surface area contributed by atoms with Crippen molar-refractivity contribution in [1.82, 2.24) is 9.55 Å². The van der Waals surface area contributed by atoms with Gasteiger partial charge in [0.05, 0.1) is 11.0 Å². The maximum atomic E-state index is 13.1. The highest BCUT2D eigenvalue weighted by molar-refractivity contribution is 7.85. The molecule has 0 N–H and O–H groups in total. The van der Waals surface area contributed by atoms with Gasteiger partial charge in [0.25, 0.3) is 0 Å². The van der Waals surface area contributed by atoms with Crippen LogP contribution >= 0.6 is 0 Å². The van der Waals surface area contributed by atoms with Crippen LogP contribution in [0.2, 0.25) is 25.7 Å². The van der Waals surface area contributed by atoms with Crippen LogP contribution < -0.4 is 0 Å². The molecular weight excluding hydrogens is 371 g/mol. The lowest BCUT2D eigenvalue weighted by molar-refractivity contribution is -0.149. The van der Waals surface area contributed by atoms with E-state index in [0.29, 0.717) is 6.61 Å². The minimum atomic E-state index is -4.60. The first-order valence-corrected chi connectivity index (χ1v) is 12.7. The van der Waals surface area contributed by atoms with Crippen LogP contribution in [0, 0.1) is 0 Å².